The zero-order chi connectivity index (χ0) is 32.3. The number of amides is 4. The molecule has 242 valence electrons. The van der Waals surface area contributed by atoms with Gasteiger partial charge in [0.2, 0.25) is 11.8 Å². The standard InChI is InChI=1S/C34H50N4O6/c1-4-7-10-17-26(32(42)36-38-34(44)28-22-14-20-25(31(28)41)16-9-6-3)18-11-12-23-29(39)35-37-33(43)27-21-13-19-24(30(27)40)15-8-5-2/h13-14,19-22,26,40-41H,4-12,15-18,23H2,1-3H3,(H,35,39)(H,36,42)(H,37,43)(H,38,44). The maximum atomic E-state index is 13.0. The lowest BCUT2D eigenvalue weighted by Gasteiger charge is -2.18. The number of phenolic OH excluding ortho intramolecular Hbond substituents is 2. The molecule has 2 aromatic carbocycles. The predicted octanol–water partition coefficient (Wildman–Crippen LogP) is 5.76. The number of phenols is 2. The molecule has 2 rings (SSSR count). The first-order valence-electron chi connectivity index (χ1n) is 16.0. The van der Waals surface area contributed by atoms with Crippen LogP contribution in [0.4, 0.5) is 0 Å². The number of hydrogen-bond acceptors (Lipinski definition) is 6. The fraction of sp³-hybridized carbons (Fsp3) is 0.529. The minimum absolute atomic E-state index is 0.0704. The average Bonchev–Trinajstić information content (AvgIpc) is 3.02. The highest BCUT2D eigenvalue weighted by Crippen LogP contribution is 2.25. The third-order valence-electron chi connectivity index (χ3n) is 7.68. The molecule has 0 radical (unpaired) electrons. The number of carbonyl (C=O) groups excluding carboxylic acids is 4. The maximum absolute atomic E-state index is 13.0. The molecule has 0 fully saturated rings. The molecule has 0 aliphatic heterocycles. The summed E-state index contributed by atoms with van der Waals surface area (Å²) in [7, 11) is 0. The lowest BCUT2D eigenvalue weighted by Crippen LogP contribution is -2.44. The zero-order valence-corrected chi connectivity index (χ0v) is 26.5. The summed E-state index contributed by atoms with van der Waals surface area (Å²) < 4.78 is 0. The van der Waals surface area contributed by atoms with Gasteiger partial charge in [0.15, 0.2) is 0 Å². The van der Waals surface area contributed by atoms with Gasteiger partial charge in [-0.1, -0.05) is 83.6 Å². The highest BCUT2D eigenvalue weighted by molar-refractivity contribution is 5.99. The first-order chi connectivity index (χ1) is 21.2. The second-order valence-corrected chi connectivity index (χ2v) is 11.2. The maximum Gasteiger partial charge on any atom is 0.273 e. The van der Waals surface area contributed by atoms with Crippen LogP contribution in [0.3, 0.4) is 0 Å². The number of benzene rings is 2. The summed E-state index contributed by atoms with van der Waals surface area (Å²) in [4.78, 5) is 50.6. The van der Waals surface area contributed by atoms with Crippen molar-refractivity contribution < 1.29 is 29.4 Å². The number of hydrogen-bond donors (Lipinski definition) is 6. The van der Waals surface area contributed by atoms with Gasteiger partial charge in [0.25, 0.3) is 11.8 Å². The van der Waals surface area contributed by atoms with Gasteiger partial charge < -0.3 is 10.2 Å². The monoisotopic (exact) mass is 610 g/mol. The normalized spacial score (nSPS) is 11.4. The molecule has 0 saturated heterocycles. The SMILES string of the molecule is CCCCCC(CCCCC(=O)NNC(=O)c1cccc(CCCC)c1O)C(=O)NNC(=O)c1cccc(CCCC)c1O. The Morgan fingerprint density at radius 2 is 1.09 bits per heavy atom. The molecule has 0 aromatic heterocycles. The molecule has 44 heavy (non-hydrogen) atoms. The van der Waals surface area contributed by atoms with Crippen molar-refractivity contribution in [3.05, 3.63) is 58.7 Å². The van der Waals surface area contributed by atoms with Gasteiger partial charge in [-0.3, -0.25) is 40.9 Å². The van der Waals surface area contributed by atoms with Crippen molar-refractivity contribution >= 4 is 23.6 Å². The molecule has 0 saturated carbocycles. The Labute approximate surface area is 261 Å². The van der Waals surface area contributed by atoms with Gasteiger partial charge in [0.05, 0.1) is 11.1 Å². The average molecular weight is 611 g/mol. The first-order valence-corrected chi connectivity index (χ1v) is 16.0. The molecule has 0 heterocycles. The van der Waals surface area contributed by atoms with Crippen molar-refractivity contribution in [1.29, 1.82) is 0 Å². The summed E-state index contributed by atoms with van der Waals surface area (Å²) in [5, 5.41) is 21.0. The van der Waals surface area contributed by atoms with E-state index < -0.39 is 11.8 Å². The Hall–Kier alpha value is -4.08. The molecule has 4 amide bonds. The fourth-order valence-corrected chi connectivity index (χ4v) is 4.95. The number of rotatable bonds is 18. The van der Waals surface area contributed by atoms with E-state index in [1.807, 2.05) is 6.92 Å². The highest BCUT2D eigenvalue weighted by Gasteiger charge is 2.21. The van der Waals surface area contributed by atoms with Crippen LogP contribution >= 0.6 is 0 Å². The van der Waals surface area contributed by atoms with E-state index in [0.29, 0.717) is 49.7 Å². The Kier molecular flexibility index (Phi) is 16.4. The van der Waals surface area contributed by atoms with Crippen molar-refractivity contribution in [3.63, 3.8) is 0 Å². The van der Waals surface area contributed by atoms with Gasteiger partial charge in [0, 0.05) is 12.3 Å². The molecule has 10 nitrogen and oxygen atoms in total. The van der Waals surface area contributed by atoms with Crippen LogP contribution in [0.2, 0.25) is 0 Å². The zero-order valence-electron chi connectivity index (χ0n) is 26.5. The summed E-state index contributed by atoms with van der Waals surface area (Å²) in [6.45, 7) is 6.18. The molecular formula is C34H50N4O6. The lowest BCUT2D eigenvalue weighted by molar-refractivity contribution is -0.126. The van der Waals surface area contributed by atoms with Gasteiger partial charge in [-0.2, -0.15) is 0 Å². The van der Waals surface area contributed by atoms with Gasteiger partial charge in [0.1, 0.15) is 11.5 Å². The van der Waals surface area contributed by atoms with Crippen LogP contribution in [0.5, 0.6) is 11.5 Å². The van der Waals surface area contributed by atoms with Crippen molar-refractivity contribution in [3.8, 4) is 11.5 Å². The number of hydrazine groups is 2. The van der Waals surface area contributed by atoms with E-state index in [9.17, 15) is 29.4 Å². The summed E-state index contributed by atoms with van der Waals surface area (Å²) in [6.07, 6.45) is 10.3. The second kappa shape index (κ2) is 20.0. The number of unbranched alkanes of at least 4 members (excludes halogenated alkanes) is 5. The lowest BCUT2D eigenvalue weighted by atomic mass is 9.94. The predicted molar refractivity (Wildman–Crippen MR) is 171 cm³/mol. The Morgan fingerprint density at radius 1 is 0.614 bits per heavy atom. The summed E-state index contributed by atoms with van der Waals surface area (Å²) in [6, 6.07) is 10.0. The minimum atomic E-state index is -0.593. The number of carbonyl (C=O) groups is 4. The van der Waals surface area contributed by atoms with E-state index in [4.69, 9.17) is 0 Å². The van der Waals surface area contributed by atoms with E-state index >= 15 is 0 Å². The van der Waals surface area contributed by atoms with Gasteiger partial charge in [-0.25, -0.2) is 0 Å². The fourth-order valence-electron chi connectivity index (χ4n) is 4.95. The topological polar surface area (TPSA) is 157 Å². The van der Waals surface area contributed by atoms with E-state index in [0.717, 1.165) is 44.9 Å². The van der Waals surface area contributed by atoms with Crippen LogP contribution in [0.25, 0.3) is 0 Å². The van der Waals surface area contributed by atoms with E-state index in [1.165, 1.54) is 12.1 Å². The molecule has 0 aliphatic carbocycles. The number of aromatic hydroxyl groups is 2. The largest absolute Gasteiger partial charge is 0.507 e. The number of aryl methyl sites for hydroxylation is 2. The van der Waals surface area contributed by atoms with Crippen LogP contribution in [0.15, 0.2) is 36.4 Å². The summed E-state index contributed by atoms with van der Waals surface area (Å²) in [5.74, 6) is -2.36. The Morgan fingerprint density at radius 3 is 1.59 bits per heavy atom. The third kappa shape index (κ3) is 11.9. The van der Waals surface area contributed by atoms with Crippen LogP contribution < -0.4 is 21.7 Å². The van der Waals surface area contributed by atoms with Gasteiger partial charge >= 0.3 is 0 Å². The Balaban J connectivity index is 1.83. The first kappa shape index (κ1) is 36.1. The smallest absolute Gasteiger partial charge is 0.273 e. The molecule has 0 spiro atoms. The van der Waals surface area contributed by atoms with Crippen molar-refractivity contribution in [2.45, 2.75) is 111 Å². The van der Waals surface area contributed by atoms with Gasteiger partial charge in [-0.15, -0.1) is 0 Å². The number of nitrogens with one attached hydrogen (secondary N) is 4. The van der Waals surface area contributed by atoms with Crippen LogP contribution in [0, 0.1) is 5.92 Å². The summed E-state index contributed by atoms with van der Waals surface area (Å²) >= 11 is 0. The molecule has 1 unspecified atom stereocenters. The van der Waals surface area contributed by atoms with Crippen molar-refractivity contribution in [2.24, 2.45) is 5.92 Å². The molecule has 6 N–H and O–H groups in total. The van der Waals surface area contributed by atoms with Crippen LogP contribution in [-0.2, 0) is 22.4 Å². The third-order valence-corrected chi connectivity index (χ3v) is 7.68. The second-order valence-electron chi connectivity index (χ2n) is 11.2. The van der Waals surface area contributed by atoms with E-state index in [2.05, 4.69) is 35.6 Å². The minimum Gasteiger partial charge on any atom is -0.507 e. The highest BCUT2D eigenvalue weighted by atomic mass is 16.3. The van der Waals surface area contributed by atoms with Gasteiger partial charge in [-0.05, 0) is 68.2 Å². The molecule has 0 aliphatic rings. The van der Waals surface area contributed by atoms with E-state index in [-0.39, 0.29) is 46.8 Å². The molecular weight excluding hydrogens is 560 g/mol. The van der Waals surface area contributed by atoms with Crippen LogP contribution in [0.1, 0.15) is 130 Å². The van der Waals surface area contributed by atoms with E-state index in [1.54, 1.807) is 24.3 Å². The summed E-state index contributed by atoms with van der Waals surface area (Å²) in [5.41, 5.74) is 11.3. The van der Waals surface area contributed by atoms with Crippen LogP contribution in [-0.4, -0.2) is 33.8 Å². The quantitative estimate of drug-likeness (QED) is 0.0930. The molecule has 2 aromatic rings. The number of para-hydroxylation sites is 2. The molecule has 10 heteroatoms. The van der Waals surface area contributed by atoms with Crippen molar-refractivity contribution in [2.75, 3.05) is 0 Å². The van der Waals surface area contributed by atoms with Crippen molar-refractivity contribution in [1.82, 2.24) is 21.7 Å². The molecule has 1 atom stereocenters. The molecule has 0 bridgehead atoms. The Bertz CT molecular complexity index is 1230.